The molecule has 132 valence electrons. The molecule has 1 N–H and O–H groups in total. The SMILES string of the molecule is COc1cc(C(=O)NC2CCc3nc(C)cn3C2)cc2c1OCCO2. The van der Waals surface area contributed by atoms with Crippen LogP contribution in [0.5, 0.6) is 17.2 Å². The first-order chi connectivity index (χ1) is 12.1. The van der Waals surface area contributed by atoms with Crippen LogP contribution in [-0.2, 0) is 13.0 Å². The number of aryl methyl sites for hydroxylation is 2. The number of hydrogen-bond acceptors (Lipinski definition) is 5. The number of methoxy groups -OCH3 is 1. The van der Waals surface area contributed by atoms with Crippen molar-refractivity contribution < 1.29 is 19.0 Å². The highest BCUT2D eigenvalue weighted by Crippen LogP contribution is 2.40. The normalized spacial score (nSPS) is 18.4. The summed E-state index contributed by atoms with van der Waals surface area (Å²) in [6.07, 6.45) is 3.77. The van der Waals surface area contributed by atoms with Gasteiger partial charge >= 0.3 is 0 Å². The van der Waals surface area contributed by atoms with Crippen LogP contribution >= 0.6 is 0 Å². The Morgan fingerprint density at radius 3 is 3.04 bits per heavy atom. The standard InChI is InChI=1S/C18H21N3O4/c1-11-9-21-10-13(3-4-16(21)19-11)20-18(22)12-7-14(23-2)17-15(8-12)24-5-6-25-17/h7-9,13H,3-6,10H2,1-2H3,(H,20,22). The van der Waals surface area contributed by atoms with Gasteiger partial charge in [0.15, 0.2) is 11.5 Å². The number of fused-ring (bicyclic) bond motifs is 2. The van der Waals surface area contributed by atoms with Gasteiger partial charge in [-0.05, 0) is 25.5 Å². The highest BCUT2D eigenvalue weighted by Gasteiger charge is 2.24. The molecule has 25 heavy (non-hydrogen) atoms. The van der Waals surface area contributed by atoms with Crippen molar-refractivity contribution in [3.05, 3.63) is 35.4 Å². The van der Waals surface area contributed by atoms with E-state index in [1.165, 1.54) is 0 Å². The maximum absolute atomic E-state index is 12.7. The van der Waals surface area contributed by atoms with Crippen LogP contribution in [0, 0.1) is 6.92 Å². The summed E-state index contributed by atoms with van der Waals surface area (Å²) in [5.74, 6) is 2.57. The van der Waals surface area contributed by atoms with E-state index < -0.39 is 0 Å². The molecule has 3 heterocycles. The number of hydrogen-bond donors (Lipinski definition) is 1. The van der Waals surface area contributed by atoms with Crippen molar-refractivity contribution in [3.63, 3.8) is 0 Å². The van der Waals surface area contributed by atoms with Crippen LogP contribution in [0.3, 0.4) is 0 Å². The minimum absolute atomic E-state index is 0.0767. The number of nitrogens with one attached hydrogen (secondary N) is 1. The highest BCUT2D eigenvalue weighted by molar-refractivity contribution is 5.95. The van der Waals surface area contributed by atoms with E-state index in [1.54, 1.807) is 19.2 Å². The van der Waals surface area contributed by atoms with Crippen molar-refractivity contribution in [2.45, 2.75) is 32.4 Å². The molecule has 4 rings (SSSR count). The minimum atomic E-state index is -0.138. The fourth-order valence-corrected chi connectivity index (χ4v) is 3.38. The Balaban J connectivity index is 1.52. The lowest BCUT2D eigenvalue weighted by Gasteiger charge is -2.25. The Kier molecular flexibility index (Phi) is 3.99. The maximum atomic E-state index is 12.7. The molecule has 0 saturated heterocycles. The van der Waals surface area contributed by atoms with Gasteiger partial charge in [0.1, 0.15) is 19.0 Å². The number of nitrogens with zero attached hydrogens (tertiary/aromatic N) is 2. The van der Waals surface area contributed by atoms with E-state index in [2.05, 4.69) is 14.9 Å². The predicted molar refractivity (Wildman–Crippen MR) is 90.5 cm³/mol. The molecule has 1 unspecified atom stereocenters. The summed E-state index contributed by atoms with van der Waals surface area (Å²) in [6.45, 7) is 3.67. The number of carbonyl (C=O) groups excluding carboxylic acids is 1. The van der Waals surface area contributed by atoms with E-state index in [0.717, 1.165) is 30.9 Å². The third kappa shape index (κ3) is 3.01. The first-order valence-corrected chi connectivity index (χ1v) is 8.45. The van der Waals surface area contributed by atoms with Crippen LogP contribution in [0.2, 0.25) is 0 Å². The molecule has 0 radical (unpaired) electrons. The second-order valence-corrected chi connectivity index (χ2v) is 6.36. The molecule has 0 spiro atoms. The summed E-state index contributed by atoms with van der Waals surface area (Å²) in [7, 11) is 1.55. The summed E-state index contributed by atoms with van der Waals surface area (Å²) in [5.41, 5.74) is 1.52. The molecule has 2 aliphatic rings. The number of amides is 1. The number of rotatable bonds is 3. The second-order valence-electron chi connectivity index (χ2n) is 6.36. The van der Waals surface area contributed by atoms with Gasteiger partial charge in [-0.2, -0.15) is 0 Å². The van der Waals surface area contributed by atoms with Crippen molar-refractivity contribution in [2.24, 2.45) is 0 Å². The van der Waals surface area contributed by atoms with Crippen molar-refractivity contribution in [2.75, 3.05) is 20.3 Å². The van der Waals surface area contributed by atoms with Gasteiger partial charge < -0.3 is 24.1 Å². The summed E-state index contributed by atoms with van der Waals surface area (Å²) in [4.78, 5) is 17.2. The Labute approximate surface area is 145 Å². The van der Waals surface area contributed by atoms with Crippen LogP contribution < -0.4 is 19.5 Å². The molecule has 0 bridgehead atoms. The summed E-state index contributed by atoms with van der Waals surface area (Å²) < 4.78 is 18.6. The highest BCUT2D eigenvalue weighted by atomic mass is 16.6. The fraction of sp³-hybridized carbons (Fsp3) is 0.444. The quantitative estimate of drug-likeness (QED) is 0.918. The molecule has 0 fully saturated rings. The molecule has 0 saturated carbocycles. The zero-order chi connectivity index (χ0) is 17.4. The van der Waals surface area contributed by atoms with Gasteiger partial charge in [0.2, 0.25) is 5.75 Å². The largest absolute Gasteiger partial charge is 0.493 e. The molecule has 1 aromatic heterocycles. The topological polar surface area (TPSA) is 74.6 Å². The average Bonchev–Trinajstić information content (AvgIpc) is 3.00. The number of benzene rings is 1. The summed E-state index contributed by atoms with van der Waals surface area (Å²) in [5, 5.41) is 3.10. The van der Waals surface area contributed by atoms with Gasteiger partial charge in [0.25, 0.3) is 5.91 Å². The Bertz CT molecular complexity index is 798. The Morgan fingerprint density at radius 1 is 1.36 bits per heavy atom. The van der Waals surface area contributed by atoms with Crippen LogP contribution in [0.15, 0.2) is 18.3 Å². The first kappa shape index (κ1) is 15.8. The lowest BCUT2D eigenvalue weighted by Crippen LogP contribution is -2.40. The molecular weight excluding hydrogens is 322 g/mol. The third-order valence-corrected chi connectivity index (χ3v) is 4.54. The summed E-state index contributed by atoms with van der Waals surface area (Å²) >= 11 is 0. The van der Waals surface area contributed by atoms with E-state index in [1.807, 2.05) is 13.1 Å². The van der Waals surface area contributed by atoms with Crippen molar-refractivity contribution in [3.8, 4) is 17.2 Å². The Morgan fingerprint density at radius 2 is 2.20 bits per heavy atom. The van der Waals surface area contributed by atoms with Gasteiger partial charge in [-0.3, -0.25) is 4.79 Å². The average molecular weight is 343 g/mol. The van der Waals surface area contributed by atoms with Gasteiger partial charge in [-0.1, -0.05) is 0 Å². The van der Waals surface area contributed by atoms with E-state index >= 15 is 0 Å². The smallest absolute Gasteiger partial charge is 0.251 e. The van der Waals surface area contributed by atoms with Gasteiger partial charge in [0.05, 0.1) is 12.8 Å². The molecule has 7 nitrogen and oxygen atoms in total. The van der Waals surface area contributed by atoms with E-state index in [4.69, 9.17) is 14.2 Å². The maximum Gasteiger partial charge on any atom is 0.251 e. The van der Waals surface area contributed by atoms with E-state index in [-0.39, 0.29) is 11.9 Å². The first-order valence-electron chi connectivity index (χ1n) is 8.45. The lowest BCUT2D eigenvalue weighted by atomic mass is 10.1. The molecule has 2 aliphatic heterocycles. The monoisotopic (exact) mass is 343 g/mol. The number of ether oxygens (including phenoxy) is 3. The number of carbonyl (C=O) groups is 1. The zero-order valence-electron chi connectivity index (χ0n) is 14.4. The van der Waals surface area contributed by atoms with E-state index in [9.17, 15) is 4.79 Å². The fourth-order valence-electron chi connectivity index (χ4n) is 3.38. The molecular formula is C18H21N3O4. The van der Waals surface area contributed by atoms with E-state index in [0.29, 0.717) is 36.0 Å². The van der Waals surface area contributed by atoms with Crippen LogP contribution in [0.1, 0.15) is 28.3 Å². The molecule has 1 aromatic carbocycles. The number of imidazole rings is 1. The number of aromatic nitrogens is 2. The van der Waals surface area contributed by atoms with Crippen LogP contribution in [0.4, 0.5) is 0 Å². The molecule has 1 atom stereocenters. The molecule has 1 amide bonds. The van der Waals surface area contributed by atoms with Crippen molar-refractivity contribution in [1.82, 2.24) is 14.9 Å². The van der Waals surface area contributed by atoms with Crippen LogP contribution in [0.25, 0.3) is 0 Å². The molecule has 7 heteroatoms. The van der Waals surface area contributed by atoms with Gasteiger partial charge in [-0.15, -0.1) is 0 Å². The third-order valence-electron chi connectivity index (χ3n) is 4.54. The minimum Gasteiger partial charge on any atom is -0.493 e. The molecule has 2 aromatic rings. The van der Waals surface area contributed by atoms with Gasteiger partial charge in [-0.25, -0.2) is 4.98 Å². The Hall–Kier alpha value is -2.70. The van der Waals surface area contributed by atoms with Crippen molar-refractivity contribution >= 4 is 5.91 Å². The predicted octanol–water partition coefficient (Wildman–Crippen LogP) is 1.72. The molecule has 0 aliphatic carbocycles. The zero-order valence-corrected chi connectivity index (χ0v) is 14.4. The second kappa shape index (κ2) is 6.31. The lowest BCUT2D eigenvalue weighted by molar-refractivity contribution is 0.0925. The van der Waals surface area contributed by atoms with Crippen LogP contribution in [-0.4, -0.2) is 41.8 Å². The summed E-state index contributed by atoms with van der Waals surface area (Å²) in [6, 6.07) is 3.48. The van der Waals surface area contributed by atoms with Crippen molar-refractivity contribution in [1.29, 1.82) is 0 Å². The van der Waals surface area contributed by atoms with Gasteiger partial charge in [0, 0.05) is 30.8 Å².